The van der Waals surface area contributed by atoms with E-state index in [1.807, 2.05) is 0 Å². The van der Waals surface area contributed by atoms with Gasteiger partial charge in [0.05, 0.1) is 0 Å². The molecule has 0 unspecified atom stereocenters. The Morgan fingerprint density at radius 2 is 2.40 bits per heavy atom. The summed E-state index contributed by atoms with van der Waals surface area (Å²) < 4.78 is 6.17. The van der Waals surface area contributed by atoms with Crippen molar-refractivity contribution in [1.82, 2.24) is 25.0 Å². The normalized spacial score (nSPS) is 10.9. The highest BCUT2D eigenvalue weighted by molar-refractivity contribution is 5.57. The Morgan fingerprint density at radius 3 is 3.13 bits per heavy atom. The van der Waals surface area contributed by atoms with E-state index in [4.69, 9.17) is 4.52 Å². The zero-order valence-electron chi connectivity index (χ0n) is 7.41. The van der Waals surface area contributed by atoms with E-state index < -0.39 is 0 Å². The summed E-state index contributed by atoms with van der Waals surface area (Å²) in [7, 11) is 0. The van der Waals surface area contributed by atoms with Gasteiger partial charge < -0.3 is 4.52 Å². The topological polar surface area (TPSA) is 89.1 Å². The Morgan fingerprint density at radius 1 is 1.47 bits per heavy atom. The van der Waals surface area contributed by atoms with Crippen LogP contribution in [0.3, 0.4) is 0 Å². The van der Waals surface area contributed by atoms with Gasteiger partial charge in [0.25, 0.3) is 5.56 Å². The fourth-order valence-electron chi connectivity index (χ4n) is 1.33. The fourth-order valence-corrected chi connectivity index (χ4v) is 1.33. The molecule has 3 aromatic heterocycles. The lowest BCUT2D eigenvalue weighted by molar-refractivity contribution is 0.402. The molecule has 3 aromatic rings. The van der Waals surface area contributed by atoms with Crippen LogP contribution < -0.4 is 5.56 Å². The van der Waals surface area contributed by atoms with Gasteiger partial charge in [0.1, 0.15) is 11.9 Å². The molecule has 0 aliphatic heterocycles. The summed E-state index contributed by atoms with van der Waals surface area (Å²) in [6.07, 6.45) is 2.91. The SMILES string of the molecule is O=c1ccnc2cc(-c3cnno3)[nH]n12. The maximum absolute atomic E-state index is 11.4. The first-order chi connectivity index (χ1) is 7.34. The van der Waals surface area contributed by atoms with Crippen LogP contribution >= 0.6 is 0 Å². The van der Waals surface area contributed by atoms with Crippen LogP contribution in [-0.2, 0) is 0 Å². The number of hydrogen-bond acceptors (Lipinski definition) is 5. The minimum atomic E-state index is -0.182. The fraction of sp³-hybridized carbons (Fsp3) is 0. The van der Waals surface area contributed by atoms with E-state index in [-0.39, 0.29) is 5.56 Å². The van der Waals surface area contributed by atoms with Crippen molar-refractivity contribution in [3.63, 3.8) is 0 Å². The summed E-state index contributed by atoms with van der Waals surface area (Å²) in [5.74, 6) is 0.458. The van der Waals surface area contributed by atoms with Crippen molar-refractivity contribution in [2.75, 3.05) is 0 Å². The molecule has 0 aliphatic carbocycles. The Labute approximate surface area is 82.3 Å². The third-order valence-electron chi connectivity index (χ3n) is 2.01. The number of rotatable bonds is 1. The third kappa shape index (κ3) is 1.13. The van der Waals surface area contributed by atoms with E-state index in [0.29, 0.717) is 17.1 Å². The quantitative estimate of drug-likeness (QED) is 0.604. The summed E-state index contributed by atoms with van der Waals surface area (Å²) in [6.45, 7) is 0. The van der Waals surface area contributed by atoms with Gasteiger partial charge in [0, 0.05) is 23.6 Å². The lowest BCUT2D eigenvalue weighted by Crippen LogP contribution is -2.12. The Bertz CT molecular complexity index is 651. The number of nitrogens with zero attached hydrogens (tertiary/aromatic N) is 4. The van der Waals surface area contributed by atoms with Crippen LogP contribution in [0.25, 0.3) is 17.1 Å². The van der Waals surface area contributed by atoms with Crippen LogP contribution in [0, 0.1) is 0 Å². The molecule has 0 saturated carbocycles. The number of aromatic nitrogens is 5. The van der Waals surface area contributed by atoms with Crippen LogP contribution in [-0.4, -0.2) is 25.0 Å². The maximum atomic E-state index is 11.4. The standard InChI is InChI=1S/C8H5N5O2/c14-8-1-2-9-7-3-5(11-13(7)8)6-4-10-12-15-6/h1-4,11H. The predicted octanol–water partition coefficient (Wildman–Crippen LogP) is 0.0726. The predicted molar refractivity (Wildman–Crippen MR) is 49.1 cm³/mol. The summed E-state index contributed by atoms with van der Waals surface area (Å²) >= 11 is 0. The number of H-pyrrole nitrogens is 1. The molecular weight excluding hydrogens is 198 g/mol. The molecular formula is C8H5N5O2. The molecule has 0 aromatic carbocycles. The summed E-state index contributed by atoms with van der Waals surface area (Å²) in [6, 6.07) is 3.05. The van der Waals surface area contributed by atoms with Crippen molar-refractivity contribution in [1.29, 1.82) is 0 Å². The molecule has 74 valence electrons. The average Bonchev–Trinajstić information content (AvgIpc) is 2.86. The average molecular weight is 203 g/mol. The highest BCUT2D eigenvalue weighted by Crippen LogP contribution is 2.15. The third-order valence-corrected chi connectivity index (χ3v) is 2.01. The molecule has 0 bridgehead atoms. The Kier molecular flexibility index (Phi) is 1.46. The van der Waals surface area contributed by atoms with Crippen LogP contribution in [0.1, 0.15) is 0 Å². The van der Waals surface area contributed by atoms with Gasteiger partial charge in [0.2, 0.25) is 5.76 Å². The number of fused-ring (bicyclic) bond motifs is 1. The van der Waals surface area contributed by atoms with Crippen LogP contribution in [0.4, 0.5) is 0 Å². The van der Waals surface area contributed by atoms with E-state index in [9.17, 15) is 4.79 Å². The van der Waals surface area contributed by atoms with Crippen molar-refractivity contribution in [2.45, 2.75) is 0 Å². The molecule has 7 nitrogen and oxygen atoms in total. The summed E-state index contributed by atoms with van der Waals surface area (Å²) in [4.78, 5) is 15.4. The second kappa shape index (κ2) is 2.77. The summed E-state index contributed by atoms with van der Waals surface area (Å²) in [5, 5.41) is 9.72. The Balaban J connectivity index is 2.32. The van der Waals surface area contributed by atoms with Gasteiger partial charge in [-0.05, 0) is 0 Å². The maximum Gasteiger partial charge on any atom is 0.272 e. The lowest BCUT2D eigenvalue weighted by Gasteiger charge is -1.88. The van der Waals surface area contributed by atoms with E-state index in [2.05, 4.69) is 20.5 Å². The van der Waals surface area contributed by atoms with Crippen molar-refractivity contribution >= 4 is 5.65 Å². The molecule has 0 fully saturated rings. The van der Waals surface area contributed by atoms with Crippen molar-refractivity contribution in [2.24, 2.45) is 0 Å². The largest absolute Gasteiger partial charge is 0.335 e. The number of hydrogen-bond donors (Lipinski definition) is 1. The molecule has 0 spiro atoms. The monoisotopic (exact) mass is 203 g/mol. The van der Waals surface area contributed by atoms with E-state index >= 15 is 0 Å². The van der Waals surface area contributed by atoms with Crippen molar-refractivity contribution < 1.29 is 4.52 Å². The molecule has 1 N–H and O–H groups in total. The summed E-state index contributed by atoms with van der Waals surface area (Å²) in [5.41, 5.74) is 0.948. The first-order valence-corrected chi connectivity index (χ1v) is 4.19. The molecule has 3 heterocycles. The zero-order chi connectivity index (χ0) is 10.3. The Hall–Kier alpha value is -2.44. The second-order valence-electron chi connectivity index (χ2n) is 2.93. The molecule has 15 heavy (non-hydrogen) atoms. The van der Waals surface area contributed by atoms with E-state index in [1.54, 1.807) is 6.07 Å². The van der Waals surface area contributed by atoms with E-state index in [0.717, 1.165) is 0 Å². The van der Waals surface area contributed by atoms with Crippen molar-refractivity contribution in [3.8, 4) is 11.5 Å². The van der Waals surface area contributed by atoms with Gasteiger partial charge in [-0.25, -0.2) is 9.50 Å². The molecule has 0 aliphatic rings. The second-order valence-corrected chi connectivity index (χ2v) is 2.93. The lowest BCUT2D eigenvalue weighted by atomic mass is 10.3. The van der Waals surface area contributed by atoms with Crippen LogP contribution in [0.15, 0.2) is 33.8 Å². The highest BCUT2D eigenvalue weighted by atomic mass is 16.5. The first kappa shape index (κ1) is 7.92. The zero-order valence-corrected chi connectivity index (χ0v) is 7.41. The molecule has 0 radical (unpaired) electrons. The van der Waals surface area contributed by atoms with Crippen LogP contribution in [0.2, 0.25) is 0 Å². The highest BCUT2D eigenvalue weighted by Gasteiger charge is 2.08. The minimum absolute atomic E-state index is 0.182. The van der Waals surface area contributed by atoms with Gasteiger partial charge in [-0.1, -0.05) is 0 Å². The molecule has 0 saturated heterocycles. The van der Waals surface area contributed by atoms with E-state index in [1.165, 1.54) is 23.0 Å². The first-order valence-electron chi connectivity index (χ1n) is 4.19. The smallest absolute Gasteiger partial charge is 0.272 e. The van der Waals surface area contributed by atoms with Crippen LogP contribution in [0.5, 0.6) is 0 Å². The number of nitrogens with one attached hydrogen (secondary N) is 1. The minimum Gasteiger partial charge on any atom is -0.335 e. The molecule has 3 rings (SSSR count). The van der Waals surface area contributed by atoms with Gasteiger partial charge >= 0.3 is 0 Å². The molecule has 7 heteroatoms. The molecule has 0 amide bonds. The van der Waals surface area contributed by atoms with Gasteiger partial charge in [-0.2, -0.15) is 0 Å². The molecule has 0 atom stereocenters. The van der Waals surface area contributed by atoms with Gasteiger partial charge in [-0.15, -0.1) is 5.10 Å². The van der Waals surface area contributed by atoms with Gasteiger partial charge in [0.15, 0.2) is 5.65 Å². The number of aromatic amines is 1. The van der Waals surface area contributed by atoms with Gasteiger partial charge in [-0.3, -0.25) is 9.89 Å². The van der Waals surface area contributed by atoms with Crippen molar-refractivity contribution in [3.05, 3.63) is 34.9 Å².